The number of piperazine rings is 1. The molecule has 0 radical (unpaired) electrons. The van der Waals surface area contributed by atoms with Gasteiger partial charge in [0.2, 0.25) is 0 Å². The highest BCUT2D eigenvalue weighted by Gasteiger charge is 2.28. The SMILES string of the molecule is Cc1noc(C)c1CSc1ncccc1C(=O)N1CCN(C(=O)c2ccc([N+](=O)[O-])s2)CC1. The zero-order valence-corrected chi connectivity index (χ0v) is 19.6. The van der Waals surface area contributed by atoms with Gasteiger partial charge in [-0.2, -0.15) is 0 Å². The quantitative estimate of drug-likeness (QED) is 0.294. The Hall–Kier alpha value is -3.25. The van der Waals surface area contributed by atoms with E-state index >= 15 is 0 Å². The van der Waals surface area contributed by atoms with Gasteiger partial charge in [-0.25, -0.2) is 4.98 Å². The lowest BCUT2D eigenvalue weighted by molar-refractivity contribution is -0.380. The van der Waals surface area contributed by atoms with E-state index in [2.05, 4.69) is 10.1 Å². The maximum atomic E-state index is 13.2. The van der Waals surface area contributed by atoms with Crippen molar-refractivity contribution in [3.8, 4) is 0 Å². The van der Waals surface area contributed by atoms with Crippen LogP contribution in [0.3, 0.4) is 0 Å². The summed E-state index contributed by atoms with van der Waals surface area (Å²) < 4.78 is 5.21. The molecule has 12 heteroatoms. The van der Waals surface area contributed by atoms with E-state index in [0.717, 1.165) is 28.4 Å². The zero-order chi connectivity index (χ0) is 23.5. The largest absolute Gasteiger partial charge is 0.361 e. The number of carbonyl (C=O) groups is 2. The minimum atomic E-state index is -0.507. The molecule has 2 amide bonds. The van der Waals surface area contributed by atoms with E-state index in [0.29, 0.717) is 47.4 Å². The monoisotopic (exact) mass is 487 g/mol. The summed E-state index contributed by atoms with van der Waals surface area (Å²) in [5.41, 5.74) is 2.33. The average Bonchev–Trinajstić information content (AvgIpc) is 3.44. The van der Waals surface area contributed by atoms with Gasteiger partial charge in [-0.15, -0.1) is 11.8 Å². The van der Waals surface area contributed by atoms with Crippen LogP contribution in [0, 0.1) is 24.0 Å². The maximum Gasteiger partial charge on any atom is 0.324 e. The van der Waals surface area contributed by atoms with Gasteiger partial charge in [-0.1, -0.05) is 16.5 Å². The third-order valence-corrected chi connectivity index (χ3v) is 7.43. The van der Waals surface area contributed by atoms with Crippen LogP contribution in [-0.4, -0.2) is 62.9 Å². The van der Waals surface area contributed by atoms with E-state index in [1.165, 1.54) is 23.9 Å². The third-order valence-electron chi connectivity index (χ3n) is 5.37. The molecule has 0 aromatic carbocycles. The molecule has 0 unspecified atom stereocenters. The highest BCUT2D eigenvalue weighted by molar-refractivity contribution is 7.98. The van der Waals surface area contributed by atoms with Crippen LogP contribution < -0.4 is 0 Å². The second kappa shape index (κ2) is 9.71. The average molecular weight is 488 g/mol. The molecule has 33 heavy (non-hydrogen) atoms. The van der Waals surface area contributed by atoms with Gasteiger partial charge in [-0.05, 0) is 32.0 Å². The molecule has 0 spiro atoms. The van der Waals surface area contributed by atoms with Gasteiger partial charge in [0.05, 0.1) is 21.1 Å². The molecule has 0 bridgehead atoms. The number of amides is 2. The van der Waals surface area contributed by atoms with Crippen molar-refractivity contribution in [2.75, 3.05) is 26.2 Å². The Kier molecular flexibility index (Phi) is 6.75. The molecule has 3 aromatic rings. The molecule has 4 rings (SSSR count). The summed E-state index contributed by atoms with van der Waals surface area (Å²) in [7, 11) is 0. The maximum absolute atomic E-state index is 13.2. The third kappa shape index (κ3) is 4.91. The smallest absolute Gasteiger partial charge is 0.324 e. The summed E-state index contributed by atoms with van der Waals surface area (Å²) in [5.74, 6) is 0.953. The minimum absolute atomic E-state index is 0.0645. The molecular formula is C21H21N5O5S2. The molecule has 1 fully saturated rings. The number of rotatable bonds is 6. The highest BCUT2D eigenvalue weighted by Crippen LogP contribution is 2.29. The predicted molar refractivity (Wildman–Crippen MR) is 123 cm³/mol. The summed E-state index contributed by atoms with van der Waals surface area (Å²) in [4.78, 5) is 44.3. The van der Waals surface area contributed by atoms with Crippen LogP contribution in [0.25, 0.3) is 0 Å². The second-order valence-corrected chi connectivity index (χ2v) is 9.45. The zero-order valence-electron chi connectivity index (χ0n) is 18.0. The van der Waals surface area contributed by atoms with Crippen LogP contribution in [0.1, 0.15) is 37.0 Å². The number of aromatic nitrogens is 2. The normalized spacial score (nSPS) is 13.9. The molecule has 1 aliphatic heterocycles. The van der Waals surface area contributed by atoms with Crippen molar-refractivity contribution in [2.24, 2.45) is 0 Å². The Morgan fingerprint density at radius 1 is 1.15 bits per heavy atom. The first-order valence-corrected chi connectivity index (χ1v) is 12.0. The number of nitro groups is 1. The number of hydrogen-bond donors (Lipinski definition) is 0. The first kappa shape index (κ1) is 22.9. The number of thiophene rings is 1. The first-order valence-electron chi connectivity index (χ1n) is 10.2. The van der Waals surface area contributed by atoms with Gasteiger partial charge < -0.3 is 14.3 Å². The van der Waals surface area contributed by atoms with E-state index in [-0.39, 0.29) is 16.8 Å². The van der Waals surface area contributed by atoms with Gasteiger partial charge in [0.15, 0.2) is 0 Å². The van der Waals surface area contributed by atoms with E-state index in [1.807, 2.05) is 13.8 Å². The Balaban J connectivity index is 1.39. The van der Waals surface area contributed by atoms with Crippen molar-refractivity contribution in [1.29, 1.82) is 0 Å². The summed E-state index contributed by atoms with van der Waals surface area (Å²) in [6.07, 6.45) is 1.66. The molecule has 0 atom stereocenters. The molecule has 4 heterocycles. The van der Waals surface area contributed by atoms with Gasteiger partial charge in [0.1, 0.15) is 10.8 Å². The fourth-order valence-electron chi connectivity index (χ4n) is 3.50. The fraction of sp³-hybridized carbons (Fsp3) is 0.333. The summed E-state index contributed by atoms with van der Waals surface area (Å²) >= 11 is 2.32. The summed E-state index contributed by atoms with van der Waals surface area (Å²) in [6, 6.07) is 6.30. The van der Waals surface area contributed by atoms with E-state index < -0.39 is 4.92 Å². The number of thioether (sulfide) groups is 1. The summed E-state index contributed by atoms with van der Waals surface area (Å²) in [5, 5.41) is 15.4. The van der Waals surface area contributed by atoms with Crippen molar-refractivity contribution in [3.63, 3.8) is 0 Å². The van der Waals surface area contributed by atoms with Crippen LogP contribution in [-0.2, 0) is 5.75 Å². The number of nitrogens with zero attached hydrogens (tertiary/aromatic N) is 5. The van der Waals surface area contributed by atoms with Crippen LogP contribution in [0.4, 0.5) is 5.00 Å². The van der Waals surface area contributed by atoms with Crippen LogP contribution in [0.5, 0.6) is 0 Å². The Morgan fingerprint density at radius 2 is 1.85 bits per heavy atom. The highest BCUT2D eigenvalue weighted by atomic mass is 32.2. The van der Waals surface area contributed by atoms with Gasteiger partial charge >= 0.3 is 5.00 Å². The van der Waals surface area contributed by atoms with Gasteiger partial charge in [-0.3, -0.25) is 19.7 Å². The number of pyridine rings is 1. The molecule has 172 valence electrons. The lowest BCUT2D eigenvalue weighted by atomic mass is 10.2. The van der Waals surface area contributed by atoms with Crippen LogP contribution in [0.15, 0.2) is 40.0 Å². The Labute approximate surface area is 197 Å². The van der Waals surface area contributed by atoms with Crippen molar-refractivity contribution in [1.82, 2.24) is 19.9 Å². The van der Waals surface area contributed by atoms with E-state index in [9.17, 15) is 19.7 Å². The topological polar surface area (TPSA) is 123 Å². The molecule has 3 aromatic heterocycles. The molecular weight excluding hydrogens is 466 g/mol. The van der Waals surface area contributed by atoms with E-state index in [4.69, 9.17) is 4.52 Å². The number of hydrogen-bond acceptors (Lipinski definition) is 9. The van der Waals surface area contributed by atoms with Gasteiger partial charge in [0, 0.05) is 49.8 Å². The molecule has 0 saturated carbocycles. The van der Waals surface area contributed by atoms with E-state index in [1.54, 1.807) is 28.1 Å². The van der Waals surface area contributed by atoms with Crippen LogP contribution in [0.2, 0.25) is 0 Å². The van der Waals surface area contributed by atoms with Crippen LogP contribution >= 0.6 is 23.1 Å². The fourth-order valence-corrected chi connectivity index (χ4v) is 5.42. The summed E-state index contributed by atoms with van der Waals surface area (Å²) in [6.45, 7) is 5.21. The lowest BCUT2D eigenvalue weighted by Gasteiger charge is -2.34. The molecule has 1 aliphatic rings. The predicted octanol–water partition coefficient (Wildman–Crippen LogP) is 3.55. The van der Waals surface area contributed by atoms with Crippen molar-refractivity contribution in [3.05, 3.63) is 68.0 Å². The Bertz CT molecular complexity index is 1180. The van der Waals surface area contributed by atoms with Crippen molar-refractivity contribution in [2.45, 2.75) is 24.6 Å². The molecule has 0 N–H and O–H groups in total. The molecule has 10 nitrogen and oxygen atoms in total. The number of aryl methyl sites for hydroxylation is 2. The Morgan fingerprint density at radius 3 is 2.45 bits per heavy atom. The standard InChI is InChI=1S/C21H21N5O5S2/c1-13-16(14(2)31-23-13)12-32-19-15(4-3-7-22-19)20(27)24-8-10-25(11-9-24)21(28)17-5-6-18(33-17)26(29)30/h3-7H,8-12H2,1-2H3. The molecule has 0 aliphatic carbocycles. The van der Waals surface area contributed by atoms with Crippen molar-refractivity contribution >= 4 is 39.9 Å². The first-order chi connectivity index (χ1) is 15.8. The number of carbonyl (C=O) groups excluding carboxylic acids is 2. The van der Waals surface area contributed by atoms with Gasteiger partial charge in [0.25, 0.3) is 11.8 Å². The second-order valence-electron chi connectivity index (χ2n) is 7.43. The minimum Gasteiger partial charge on any atom is -0.361 e. The molecule has 1 saturated heterocycles. The van der Waals surface area contributed by atoms with Crippen molar-refractivity contribution < 1.29 is 19.0 Å². The lowest BCUT2D eigenvalue weighted by Crippen LogP contribution is -2.50.